The SMILES string of the molecule is COCC1(COC)Oc2ccc(C#N)cc2[C@@H](Nc2ccc(=O)n(CC(=O)O)n2)[C@@H]1O. The molecular weight excluding hydrogens is 408 g/mol. The van der Waals surface area contributed by atoms with Crippen molar-refractivity contribution in [3.63, 3.8) is 0 Å². The average molecular weight is 430 g/mol. The van der Waals surface area contributed by atoms with Gasteiger partial charge < -0.3 is 29.7 Å². The first kappa shape index (κ1) is 22.2. The number of nitrogens with zero attached hydrogens (tertiary/aromatic N) is 3. The number of carboxylic acid groups (broad SMARTS) is 1. The van der Waals surface area contributed by atoms with Crippen molar-refractivity contribution >= 4 is 11.8 Å². The quantitative estimate of drug-likeness (QED) is 0.526. The Morgan fingerprint density at radius 1 is 1.32 bits per heavy atom. The highest BCUT2D eigenvalue weighted by Gasteiger charge is 2.50. The first-order chi connectivity index (χ1) is 14.8. The molecule has 1 aliphatic rings. The number of hydrogen-bond donors (Lipinski definition) is 3. The Kier molecular flexibility index (Phi) is 6.55. The molecule has 1 aromatic heterocycles. The molecule has 0 radical (unpaired) electrons. The molecule has 2 atom stereocenters. The Hall–Kier alpha value is -3.46. The van der Waals surface area contributed by atoms with Crippen LogP contribution in [0.15, 0.2) is 35.1 Å². The van der Waals surface area contributed by atoms with Crippen molar-refractivity contribution in [3.05, 3.63) is 51.8 Å². The molecule has 0 spiro atoms. The van der Waals surface area contributed by atoms with Crippen LogP contribution in [0.5, 0.6) is 5.75 Å². The Morgan fingerprint density at radius 3 is 2.65 bits per heavy atom. The lowest BCUT2D eigenvalue weighted by molar-refractivity contribution is -0.142. The number of hydrogen-bond acceptors (Lipinski definition) is 9. The minimum atomic E-state index is -1.27. The summed E-state index contributed by atoms with van der Waals surface area (Å²) in [6, 6.07) is 8.55. The van der Waals surface area contributed by atoms with E-state index in [0.29, 0.717) is 16.9 Å². The number of methoxy groups -OCH3 is 2. The summed E-state index contributed by atoms with van der Waals surface area (Å²) in [6.07, 6.45) is -1.21. The van der Waals surface area contributed by atoms with Gasteiger partial charge in [0.15, 0.2) is 5.60 Å². The lowest BCUT2D eigenvalue weighted by Gasteiger charge is -2.45. The normalized spacial score (nSPS) is 19.0. The summed E-state index contributed by atoms with van der Waals surface area (Å²) in [6.45, 7) is -0.603. The van der Waals surface area contributed by atoms with Crippen LogP contribution in [0.3, 0.4) is 0 Å². The number of aliphatic carboxylic acids is 1. The van der Waals surface area contributed by atoms with Crippen LogP contribution < -0.4 is 15.6 Å². The second kappa shape index (κ2) is 9.13. The second-order valence-electron chi connectivity index (χ2n) is 7.07. The van der Waals surface area contributed by atoms with Crippen LogP contribution in [0, 0.1) is 11.3 Å². The summed E-state index contributed by atoms with van der Waals surface area (Å²) in [5, 5.41) is 36.6. The van der Waals surface area contributed by atoms with Gasteiger partial charge in [-0.3, -0.25) is 9.59 Å². The highest BCUT2D eigenvalue weighted by molar-refractivity contribution is 5.66. The van der Waals surface area contributed by atoms with Crippen LogP contribution in [0.4, 0.5) is 5.82 Å². The Morgan fingerprint density at radius 2 is 2.03 bits per heavy atom. The molecule has 2 heterocycles. The van der Waals surface area contributed by atoms with E-state index < -0.39 is 35.8 Å². The second-order valence-corrected chi connectivity index (χ2v) is 7.07. The van der Waals surface area contributed by atoms with E-state index in [-0.39, 0.29) is 19.0 Å². The molecule has 0 amide bonds. The fourth-order valence-corrected chi connectivity index (χ4v) is 3.55. The average Bonchev–Trinajstić information content (AvgIpc) is 2.73. The van der Waals surface area contributed by atoms with Crippen molar-refractivity contribution in [1.29, 1.82) is 5.26 Å². The molecule has 11 heteroatoms. The van der Waals surface area contributed by atoms with E-state index in [0.717, 1.165) is 4.68 Å². The van der Waals surface area contributed by atoms with E-state index in [9.17, 15) is 20.0 Å². The molecule has 0 saturated carbocycles. The minimum absolute atomic E-state index is 0.00552. The van der Waals surface area contributed by atoms with Crippen LogP contribution in [-0.4, -0.2) is 65.1 Å². The zero-order valence-corrected chi connectivity index (χ0v) is 16.9. The maximum absolute atomic E-state index is 11.9. The molecule has 0 saturated heterocycles. The molecule has 1 aliphatic heterocycles. The van der Waals surface area contributed by atoms with Crippen molar-refractivity contribution < 1.29 is 29.2 Å². The monoisotopic (exact) mass is 430 g/mol. The molecule has 3 N–H and O–H groups in total. The van der Waals surface area contributed by atoms with Gasteiger partial charge in [0.05, 0.1) is 30.9 Å². The van der Waals surface area contributed by atoms with Crippen LogP contribution in [0.1, 0.15) is 17.2 Å². The topological polar surface area (TPSA) is 156 Å². The van der Waals surface area contributed by atoms with E-state index >= 15 is 0 Å². The van der Waals surface area contributed by atoms with Gasteiger partial charge in [0.1, 0.15) is 24.2 Å². The lowest BCUT2D eigenvalue weighted by Crippen LogP contribution is -2.60. The van der Waals surface area contributed by atoms with Crippen LogP contribution in [0.2, 0.25) is 0 Å². The number of aliphatic hydroxyl groups excluding tert-OH is 1. The van der Waals surface area contributed by atoms with Gasteiger partial charge in [-0.15, -0.1) is 0 Å². The number of anilines is 1. The van der Waals surface area contributed by atoms with Gasteiger partial charge in [-0.05, 0) is 24.3 Å². The van der Waals surface area contributed by atoms with E-state index in [2.05, 4.69) is 10.4 Å². The van der Waals surface area contributed by atoms with Crippen molar-refractivity contribution in [2.24, 2.45) is 0 Å². The Labute approximate surface area is 177 Å². The molecular formula is C20H22N4O7. The number of benzene rings is 1. The molecule has 11 nitrogen and oxygen atoms in total. The number of rotatable bonds is 8. The van der Waals surface area contributed by atoms with Gasteiger partial charge in [0, 0.05) is 25.8 Å². The lowest BCUT2D eigenvalue weighted by atomic mass is 9.84. The fraction of sp³-hybridized carbons (Fsp3) is 0.400. The first-order valence-corrected chi connectivity index (χ1v) is 9.29. The highest BCUT2D eigenvalue weighted by Crippen LogP contribution is 2.42. The third-order valence-electron chi connectivity index (χ3n) is 4.87. The number of carboxylic acids is 1. The molecule has 1 aromatic carbocycles. The molecule has 0 unspecified atom stereocenters. The van der Waals surface area contributed by atoms with Gasteiger partial charge in [0.2, 0.25) is 0 Å². The zero-order chi connectivity index (χ0) is 22.6. The first-order valence-electron chi connectivity index (χ1n) is 9.29. The number of aromatic nitrogens is 2. The van der Waals surface area contributed by atoms with Crippen molar-refractivity contribution in [3.8, 4) is 11.8 Å². The van der Waals surface area contributed by atoms with E-state index in [4.69, 9.17) is 19.3 Å². The van der Waals surface area contributed by atoms with Gasteiger partial charge in [0.25, 0.3) is 5.56 Å². The predicted molar refractivity (Wildman–Crippen MR) is 107 cm³/mol. The van der Waals surface area contributed by atoms with Gasteiger partial charge >= 0.3 is 5.97 Å². The third-order valence-corrected chi connectivity index (χ3v) is 4.87. The maximum Gasteiger partial charge on any atom is 0.325 e. The number of nitriles is 1. The van der Waals surface area contributed by atoms with E-state index in [1.54, 1.807) is 18.2 Å². The van der Waals surface area contributed by atoms with Crippen LogP contribution in [0.25, 0.3) is 0 Å². The Balaban J connectivity index is 2.07. The molecule has 2 aromatic rings. The number of aliphatic hydroxyl groups is 1. The highest BCUT2D eigenvalue weighted by atomic mass is 16.6. The summed E-state index contributed by atoms with van der Waals surface area (Å²) in [7, 11) is 2.93. The molecule has 0 aliphatic carbocycles. The molecule has 3 rings (SSSR count). The number of nitrogens with one attached hydrogen (secondary N) is 1. The van der Waals surface area contributed by atoms with Crippen molar-refractivity contribution in [2.45, 2.75) is 24.3 Å². The minimum Gasteiger partial charge on any atom is -0.480 e. The van der Waals surface area contributed by atoms with Gasteiger partial charge in [-0.1, -0.05) is 0 Å². The fourth-order valence-electron chi connectivity index (χ4n) is 3.55. The summed E-state index contributed by atoms with van der Waals surface area (Å²) in [4.78, 5) is 22.9. The maximum atomic E-state index is 11.9. The summed E-state index contributed by atoms with van der Waals surface area (Å²) < 4.78 is 17.4. The Bertz CT molecular complexity index is 1060. The predicted octanol–water partition coefficient (Wildman–Crippen LogP) is 0.138. The molecule has 0 fully saturated rings. The number of carbonyl (C=O) groups is 1. The van der Waals surface area contributed by atoms with Crippen LogP contribution in [-0.2, 0) is 20.8 Å². The zero-order valence-electron chi connectivity index (χ0n) is 16.9. The molecule has 0 bridgehead atoms. The van der Waals surface area contributed by atoms with E-state index in [1.807, 2.05) is 6.07 Å². The molecule has 31 heavy (non-hydrogen) atoms. The van der Waals surface area contributed by atoms with Gasteiger partial charge in [-0.2, -0.15) is 10.4 Å². The van der Waals surface area contributed by atoms with Crippen LogP contribution >= 0.6 is 0 Å². The largest absolute Gasteiger partial charge is 0.480 e. The van der Waals surface area contributed by atoms with E-state index in [1.165, 1.54) is 26.4 Å². The summed E-state index contributed by atoms with van der Waals surface area (Å²) >= 11 is 0. The molecule has 164 valence electrons. The van der Waals surface area contributed by atoms with Crippen molar-refractivity contribution in [1.82, 2.24) is 9.78 Å². The number of fused-ring (bicyclic) bond motifs is 1. The van der Waals surface area contributed by atoms with Gasteiger partial charge in [-0.25, -0.2) is 4.68 Å². The smallest absolute Gasteiger partial charge is 0.325 e. The summed E-state index contributed by atoms with van der Waals surface area (Å²) in [5.74, 6) is -0.653. The standard InChI is InChI=1S/C20H22N4O7/c1-29-10-20(11-30-2)19(28)18(13-7-12(8-21)3-4-14(13)31-20)22-15-5-6-16(25)24(23-15)9-17(26)27/h3-7,18-19,28H,9-11H2,1-2H3,(H,22,23)(H,26,27)/t18-,19+/m1/s1. The van der Waals surface area contributed by atoms with Crippen molar-refractivity contribution in [2.75, 3.05) is 32.8 Å². The third kappa shape index (κ3) is 4.51. The summed E-state index contributed by atoms with van der Waals surface area (Å²) in [5.41, 5.74) is -0.998. The number of ether oxygens (including phenoxy) is 3.